The second-order valence-electron chi connectivity index (χ2n) is 5.27. The minimum absolute atomic E-state index is 0.177. The minimum atomic E-state index is -1.04. The molecular formula is C16H22FN3O4S. The van der Waals surface area contributed by atoms with Crippen LogP contribution in [0, 0.1) is 5.82 Å². The molecule has 0 radical (unpaired) electrons. The van der Waals surface area contributed by atoms with Crippen LogP contribution in [0.3, 0.4) is 0 Å². The van der Waals surface area contributed by atoms with Crippen LogP contribution in [0.2, 0.25) is 0 Å². The molecule has 3 amide bonds. The molecule has 0 saturated heterocycles. The molecule has 0 aromatic heterocycles. The van der Waals surface area contributed by atoms with Crippen LogP contribution in [0.15, 0.2) is 24.3 Å². The Bertz CT molecular complexity index is 598. The molecule has 2 atom stereocenters. The Kier molecular flexibility index (Phi) is 8.76. The van der Waals surface area contributed by atoms with Crippen molar-refractivity contribution < 1.29 is 23.5 Å². The van der Waals surface area contributed by atoms with Crippen molar-refractivity contribution in [3.63, 3.8) is 0 Å². The number of esters is 1. The zero-order valence-electron chi connectivity index (χ0n) is 14.1. The summed E-state index contributed by atoms with van der Waals surface area (Å²) in [6.45, 7) is 1.60. The Morgan fingerprint density at radius 2 is 1.92 bits per heavy atom. The molecule has 0 heterocycles. The molecular weight excluding hydrogens is 349 g/mol. The van der Waals surface area contributed by atoms with E-state index in [9.17, 15) is 18.8 Å². The third-order valence-corrected chi connectivity index (χ3v) is 3.90. The van der Waals surface area contributed by atoms with Gasteiger partial charge in [0, 0.05) is 6.54 Å². The lowest BCUT2D eigenvalue weighted by molar-refractivity contribution is -0.156. The van der Waals surface area contributed by atoms with E-state index >= 15 is 0 Å². The Hall–Kier alpha value is -2.29. The first-order valence-corrected chi connectivity index (χ1v) is 9.00. The highest BCUT2D eigenvalue weighted by Crippen LogP contribution is 2.06. The standard InChI is InChI=1S/C16H22FN3O4S/c1-10(14(21)19-9-11-3-5-12(17)6-4-11)24-15(22)13(7-8-25-2)20-16(18)23/h3-6,10,13H,7-9H2,1-2H3,(H,19,21)(H3,18,20,23)/t10-,13-/m0/s1. The number of urea groups is 1. The summed E-state index contributed by atoms with van der Waals surface area (Å²) in [5.74, 6) is -0.973. The van der Waals surface area contributed by atoms with Gasteiger partial charge in [0.25, 0.3) is 5.91 Å². The summed E-state index contributed by atoms with van der Waals surface area (Å²) in [6, 6.07) is 3.92. The maximum atomic E-state index is 12.8. The number of halogens is 1. The summed E-state index contributed by atoms with van der Waals surface area (Å²) in [4.78, 5) is 35.1. The van der Waals surface area contributed by atoms with Crippen LogP contribution in [0.25, 0.3) is 0 Å². The Balaban J connectivity index is 2.51. The van der Waals surface area contributed by atoms with E-state index in [-0.39, 0.29) is 12.4 Å². The van der Waals surface area contributed by atoms with Crippen LogP contribution in [-0.4, -0.2) is 42.1 Å². The summed E-state index contributed by atoms with van der Waals surface area (Å²) in [6.07, 6.45) is 1.16. The molecule has 0 aliphatic heterocycles. The fourth-order valence-corrected chi connectivity index (χ4v) is 2.37. The van der Waals surface area contributed by atoms with Gasteiger partial charge in [-0.15, -0.1) is 0 Å². The number of primary amides is 1. The van der Waals surface area contributed by atoms with Crippen molar-refractivity contribution in [2.75, 3.05) is 12.0 Å². The first-order chi connectivity index (χ1) is 11.8. The van der Waals surface area contributed by atoms with E-state index in [2.05, 4.69) is 10.6 Å². The van der Waals surface area contributed by atoms with Crippen molar-refractivity contribution in [1.82, 2.24) is 10.6 Å². The van der Waals surface area contributed by atoms with E-state index in [0.717, 1.165) is 0 Å². The van der Waals surface area contributed by atoms with E-state index in [1.54, 1.807) is 12.1 Å². The summed E-state index contributed by atoms with van der Waals surface area (Å²) < 4.78 is 17.9. The van der Waals surface area contributed by atoms with Gasteiger partial charge in [-0.3, -0.25) is 4.79 Å². The van der Waals surface area contributed by atoms with E-state index < -0.39 is 30.1 Å². The van der Waals surface area contributed by atoms with Crippen molar-refractivity contribution in [3.05, 3.63) is 35.6 Å². The fourth-order valence-electron chi connectivity index (χ4n) is 1.90. The van der Waals surface area contributed by atoms with Gasteiger partial charge < -0.3 is 21.1 Å². The quantitative estimate of drug-likeness (QED) is 0.564. The predicted octanol–water partition coefficient (Wildman–Crippen LogP) is 1.16. The predicted molar refractivity (Wildman–Crippen MR) is 93.3 cm³/mol. The maximum Gasteiger partial charge on any atom is 0.329 e. The van der Waals surface area contributed by atoms with Crippen LogP contribution >= 0.6 is 11.8 Å². The second-order valence-corrected chi connectivity index (χ2v) is 6.25. The number of nitrogens with one attached hydrogen (secondary N) is 2. The van der Waals surface area contributed by atoms with Gasteiger partial charge in [0.15, 0.2) is 6.10 Å². The van der Waals surface area contributed by atoms with Gasteiger partial charge >= 0.3 is 12.0 Å². The lowest BCUT2D eigenvalue weighted by Crippen LogP contribution is -2.47. The van der Waals surface area contributed by atoms with Crippen LogP contribution in [-0.2, 0) is 20.9 Å². The zero-order valence-corrected chi connectivity index (χ0v) is 14.9. The van der Waals surface area contributed by atoms with E-state index in [4.69, 9.17) is 10.5 Å². The highest BCUT2D eigenvalue weighted by molar-refractivity contribution is 7.98. The number of ether oxygens (including phenoxy) is 1. The molecule has 7 nitrogen and oxygen atoms in total. The maximum absolute atomic E-state index is 12.8. The number of thioether (sulfide) groups is 1. The molecule has 0 saturated carbocycles. The molecule has 4 N–H and O–H groups in total. The number of rotatable bonds is 9. The van der Waals surface area contributed by atoms with E-state index in [0.29, 0.717) is 17.7 Å². The molecule has 25 heavy (non-hydrogen) atoms. The third kappa shape index (κ3) is 7.88. The molecule has 138 valence electrons. The van der Waals surface area contributed by atoms with Gasteiger partial charge in [0.2, 0.25) is 0 Å². The van der Waals surface area contributed by atoms with Crippen molar-refractivity contribution in [2.45, 2.75) is 32.0 Å². The molecule has 0 aliphatic carbocycles. The minimum Gasteiger partial charge on any atom is -0.451 e. The second kappa shape index (κ2) is 10.5. The number of hydrogen-bond donors (Lipinski definition) is 3. The van der Waals surface area contributed by atoms with Gasteiger partial charge in [0.1, 0.15) is 11.9 Å². The summed E-state index contributed by atoms with van der Waals surface area (Å²) >= 11 is 1.50. The molecule has 1 aromatic carbocycles. The third-order valence-electron chi connectivity index (χ3n) is 3.25. The van der Waals surface area contributed by atoms with Crippen molar-refractivity contribution in [1.29, 1.82) is 0 Å². The average Bonchev–Trinajstić information content (AvgIpc) is 2.57. The van der Waals surface area contributed by atoms with Gasteiger partial charge in [-0.05, 0) is 43.0 Å². The lowest BCUT2D eigenvalue weighted by atomic mass is 10.2. The molecule has 1 aromatic rings. The highest BCUT2D eigenvalue weighted by Gasteiger charge is 2.25. The fraction of sp³-hybridized carbons (Fsp3) is 0.438. The SMILES string of the molecule is CSCC[C@H](NC(N)=O)C(=O)O[C@@H](C)C(=O)NCc1ccc(F)cc1. The number of nitrogens with two attached hydrogens (primary N) is 1. The summed E-state index contributed by atoms with van der Waals surface area (Å²) in [7, 11) is 0. The monoisotopic (exact) mass is 371 g/mol. The van der Waals surface area contributed by atoms with Crippen LogP contribution in [0.4, 0.5) is 9.18 Å². The largest absolute Gasteiger partial charge is 0.451 e. The van der Waals surface area contributed by atoms with E-state index in [1.165, 1.54) is 30.8 Å². The van der Waals surface area contributed by atoms with Gasteiger partial charge in [0.05, 0.1) is 0 Å². The Labute approximate surface area is 149 Å². The van der Waals surface area contributed by atoms with Crippen LogP contribution in [0.5, 0.6) is 0 Å². The van der Waals surface area contributed by atoms with E-state index in [1.807, 2.05) is 6.26 Å². The van der Waals surface area contributed by atoms with Gasteiger partial charge in [-0.25, -0.2) is 14.0 Å². The average molecular weight is 371 g/mol. The molecule has 9 heteroatoms. The Morgan fingerprint density at radius 3 is 2.48 bits per heavy atom. The topological polar surface area (TPSA) is 111 Å². The first kappa shape index (κ1) is 20.8. The molecule has 0 spiro atoms. The van der Waals surface area contributed by atoms with Crippen molar-refractivity contribution in [3.8, 4) is 0 Å². The number of carbonyl (C=O) groups excluding carboxylic acids is 3. The number of hydrogen-bond acceptors (Lipinski definition) is 5. The highest BCUT2D eigenvalue weighted by atomic mass is 32.2. The number of benzene rings is 1. The molecule has 0 fully saturated rings. The summed E-state index contributed by atoms with van der Waals surface area (Å²) in [5, 5.41) is 4.90. The molecule has 1 rings (SSSR count). The number of amides is 3. The summed E-state index contributed by atoms with van der Waals surface area (Å²) in [5.41, 5.74) is 5.76. The molecule has 0 unspecified atom stereocenters. The van der Waals surface area contributed by atoms with Crippen LogP contribution < -0.4 is 16.4 Å². The van der Waals surface area contributed by atoms with Gasteiger partial charge in [-0.2, -0.15) is 11.8 Å². The van der Waals surface area contributed by atoms with Crippen molar-refractivity contribution >= 4 is 29.7 Å². The number of carbonyl (C=O) groups is 3. The smallest absolute Gasteiger partial charge is 0.329 e. The molecule has 0 bridgehead atoms. The molecule has 0 aliphatic rings. The van der Waals surface area contributed by atoms with Gasteiger partial charge in [-0.1, -0.05) is 12.1 Å². The zero-order chi connectivity index (χ0) is 18.8. The Morgan fingerprint density at radius 1 is 1.28 bits per heavy atom. The van der Waals surface area contributed by atoms with Crippen molar-refractivity contribution in [2.24, 2.45) is 5.73 Å². The lowest BCUT2D eigenvalue weighted by Gasteiger charge is -2.19. The normalized spacial score (nSPS) is 12.8. The first-order valence-electron chi connectivity index (χ1n) is 7.61. The van der Waals surface area contributed by atoms with Crippen LogP contribution in [0.1, 0.15) is 18.9 Å².